The summed E-state index contributed by atoms with van der Waals surface area (Å²) < 4.78 is 6.64. The van der Waals surface area contributed by atoms with Crippen LogP contribution in [0.5, 0.6) is 0 Å². The highest BCUT2D eigenvalue weighted by molar-refractivity contribution is 5.99. The number of rotatable bonds is 11. The van der Waals surface area contributed by atoms with Crippen molar-refractivity contribution in [3.05, 3.63) is 0 Å². The number of hydrogen-bond acceptors (Lipinski definition) is 5. The summed E-state index contributed by atoms with van der Waals surface area (Å²) in [5.74, 6) is -1.70. The smallest absolute Gasteiger partial charge is 0.246 e. The number of likely N-dealkylation sites (tertiary alicyclic amines) is 1. The molecule has 0 aromatic heterocycles. The van der Waals surface area contributed by atoms with E-state index in [9.17, 15) is 14.4 Å². The third-order valence-corrected chi connectivity index (χ3v) is 7.63. The number of nitrogens with zero attached hydrogens (tertiary/aromatic N) is 1. The van der Waals surface area contributed by atoms with Crippen LogP contribution < -0.4 is 10.6 Å². The first-order chi connectivity index (χ1) is 14.8. The predicted octanol–water partition coefficient (Wildman–Crippen LogP) is 1.35. The Balaban J connectivity index is 1.95. The molecule has 3 saturated heterocycles. The van der Waals surface area contributed by atoms with Crippen LogP contribution in [0.15, 0.2) is 0 Å². The molecule has 3 rings (SSSR count). The Morgan fingerprint density at radius 2 is 1.97 bits per heavy atom. The number of carbonyl (C=O) groups is 3. The quantitative estimate of drug-likeness (QED) is 0.423. The molecule has 0 aliphatic carbocycles. The number of aliphatic hydroxyl groups is 1. The number of carbonyl (C=O) groups excluding carboxylic acids is 3. The monoisotopic (exact) mass is 437 g/mol. The van der Waals surface area contributed by atoms with Gasteiger partial charge in [-0.1, -0.05) is 20.3 Å². The predicted molar refractivity (Wildman–Crippen MR) is 116 cm³/mol. The van der Waals surface area contributed by atoms with Gasteiger partial charge in [-0.05, 0) is 51.9 Å². The van der Waals surface area contributed by atoms with E-state index in [4.69, 9.17) is 9.84 Å². The average Bonchev–Trinajstić information content (AvgIpc) is 3.34. The maximum absolute atomic E-state index is 13.7. The van der Waals surface area contributed by atoms with Gasteiger partial charge in [0.05, 0.1) is 17.4 Å². The largest absolute Gasteiger partial charge is 0.396 e. The summed E-state index contributed by atoms with van der Waals surface area (Å²) in [6.07, 6.45) is 5.88. The molecule has 3 heterocycles. The lowest BCUT2D eigenvalue weighted by Gasteiger charge is -2.34. The molecule has 3 aliphatic heterocycles. The number of nitrogens with one attached hydrogen (secondary N) is 2. The van der Waals surface area contributed by atoms with Gasteiger partial charge in [0.1, 0.15) is 11.6 Å². The first-order valence-corrected chi connectivity index (χ1v) is 11.9. The summed E-state index contributed by atoms with van der Waals surface area (Å²) in [5, 5.41) is 14.9. The highest BCUT2D eigenvalue weighted by Gasteiger charge is 2.78. The molecule has 0 radical (unpaired) electrons. The lowest BCUT2D eigenvalue weighted by molar-refractivity contribution is -0.147. The van der Waals surface area contributed by atoms with Crippen molar-refractivity contribution in [2.75, 3.05) is 20.2 Å². The molecular weight excluding hydrogens is 398 g/mol. The van der Waals surface area contributed by atoms with Crippen molar-refractivity contribution in [3.8, 4) is 0 Å². The lowest BCUT2D eigenvalue weighted by atomic mass is 9.65. The van der Waals surface area contributed by atoms with Gasteiger partial charge in [-0.2, -0.15) is 0 Å². The van der Waals surface area contributed by atoms with Crippen molar-refractivity contribution in [3.63, 3.8) is 0 Å². The summed E-state index contributed by atoms with van der Waals surface area (Å²) in [6.45, 7) is 6.59. The van der Waals surface area contributed by atoms with Crippen LogP contribution in [0, 0.1) is 11.8 Å². The van der Waals surface area contributed by atoms with Crippen molar-refractivity contribution in [1.29, 1.82) is 0 Å². The molecule has 6 atom stereocenters. The summed E-state index contributed by atoms with van der Waals surface area (Å²) in [7, 11) is 1.59. The summed E-state index contributed by atoms with van der Waals surface area (Å²) in [6, 6.07) is -0.714. The fourth-order valence-corrected chi connectivity index (χ4v) is 6.21. The molecule has 0 aromatic carbocycles. The molecule has 3 unspecified atom stereocenters. The van der Waals surface area contributed by atoms with Crippen LogP contribution in [0.4, 0.5) is 0 Å². The summed E-state index contributed by atoms with van der Waals surface area (Å²) in [5.41, 5.74) is -1.63. The summed E-state index contributed by atoms with van der Waals surface area (Å²) in [4.78, 5) is 41.8. The van der Waals surface area contributed by atoms with Gasteiger partial charge in [-0.3, -0.25) is 14.4 Å². The minimum Gasteiger partial charge on any atom is -0.396 e. The number of aliphatic hydroxyl groups excluding tert-OH is 1. The van der Waals surface area contributed by atoms with Crippen molar-refractivity contribution in [1.82, 2.24) is 15.5 Å². The van der Waals surface area contributed by atoms with Crippen molar-refractivity contribution >= 4 is 17.7 Å². The molecule has 3 amide bonds. The molecule has 3 aliphatic rings. The molecule has 8 nitrogen and oxygen atoms in total. The van der Waals surface area contributed by atoms with Crippen LogP contribution in [0.1, 0.15) is 72.1 Å². The van der Waals surface area contributed by atoms with Gasteiger partial charge in [0.25, 0.3) is 0 Å². The SMILES string of the molecule is CCCC(C)NC(=O)C1N(CCCCCO)C(=O)[C@@H]2[C@H](C(=O)NC)[C@]3(CC)CCC12O3. The van der Waals surface area contributed by atoms with Gasteiger partial charge < -0.3 is 25.4 Å². The fraction of sp³-hybridized carbons (Fsp3) is 0.870. The first kappa shape index (κ1) is 24.0. The van der Waals surface area contributed by atoms with E-state index in [0.717, 1.165) is 19.3 Å². The highest BCUT2D eigenvalue weighted by atomic mass is 16.5. The number of hydrogen-bond donors (Lipinski definition) is 3. The van der Waals surface area contributed by atoms with Crippen LogP contribution >= 0.6 is 0 Å². The van der Waals surface area contributed by atoms with Gasteiger partial charge in [0, 0.05) is 26.2 Å². The zero-order chi connectivity index (χ0) is 22.8. The Hall–Kier alpha value is -1.67. The second-order valence-corrected chi connectivity index (χ2v) is 9.46. The van der Waals surface area contributed by atoms with Gasteiger partial charge in [0.15, 0.2) is 0 Å². The van der Waals surface area contributed by atoms with E-state index >= 15 is 0 Å². The van der Waals surface area contributed by atoms with Gasteiger partial charge >= 0.3 is 0 Å². The normalized spacial score (nSPS) is 34.7. The van der Waals surface area contributed by atoms with Gasteiger partial charge in [-0.25, -0.2) is 0 Å². The van der Waals surface area contributed by atoms with Crippen molar-refractivity contribution in [2.45, 2.75) is 95.4 Å². The number of fused-ring (bicyclic) bond motifs is 1. The molecule has 3 N–H and O–H groups in total. The van der Waals surface area contributed by atoms with Crippen LogP contribution in [0.2, 0.25) is 0 Å². The molecule has 31 heavy (non-hydrogen) atoms. The maximum Gasteiger partial charge on any atom is 0.246 e. The van der Waals surface area contributed by atoms with Crippen LogP contribution in [-0.2, 0) is 19.1 Å². The Bertz CT molecular complexity index is 701. The van der Waals surface area contributed by atoms with E-state index < -0.39 is 29.1 Å². The zero-order valence-corrected chi connectivity index (χ0v) is 19.4. The maximum atomic E-state index is 13.7. The number of unbranched alkanes of at least 4 members (excludes halogenated alkanes) is 2. The average molecular weight is 438 g/mol. The topological polar surface area (TPSA) is 108 Å². The molecule has 176 valence electrons. The Morgan fingerprint density at radius 3 is 2.58 bits per heavy atom. The van der Waals surface area contributed by atoms with Gasteiger partial charge in [-0.15, -0.1) is 0 Å². The molecule has 3 fully saturated rings. The molecule has 2 bridgehead atoms. The van der Waals surface area contributed by atoms with Crippen LogP contribution in [0.25, 0.3) is 0 Å². The Morgan fingerprint density at radius 1 is 1.23 bits per heavy atom. The third-order valence-electron chi connectivity index (χ3n) is 7.63. The standard InChI is InChI=1S/C23H39N3O5/c1-5-10-15(3)25-20(29)18-23-12-11-22(6-2,31-23)16(19(28)24-4)17(23)21(30)26(18)13-8-7-9-14-27/h15-18,27H,5-14H2,1-4H3,(H,24,28)(H,25,29)/t15?,16-,17+,18?,22+,23?/m1/s1. The van der Waals surface area contributed by atoms with Crippen molar-refractivity contribution < 1.29 is 24.2 Å². The minimum atomic E-state index is -0.947. The molecule has 0 saturated carbocycles. The Kier molecular flexibility index (Phi) is 7.31. The van der Waals surface area contributed by atoms with Crippen LogP contribution in [-0.4, -0.2) is 71.2 Å². The number of amides is 3. The van der Waals surface area contributed by atoms with E-state index in [1.165, 1.54) is 0 Å². The van der Waals surface area contributed by atoms with Crippen LogP contribution in [0.3, 0.4) is 0 Å². The minimum absolute atomic E-state index is 0.00719. The first-order valence-electron chi connectivity index (χ1n) is 11.9. The summed E-state index contributed by atoms with van der Waals surface area (Å²) >= 11 is 0. The molecular formula is C23H39N3O5. The molecule has 0 aromatic rings. The third kappa shape index (κ3) is 3.86. The zero-order valence-electron chi connectivity index (χ0n) is 19.4. The molecule has 8 heteroatoms. The van der Waals surface area contributed by atoms with Gasteiger partial charge in [0.2, 0.25) is 17.7 Å². The van der Waals surface area contributed by atoms with E-state index in [0.29, 0.717) is 38.6 Å². The highest BCUT2D eigenvalue weighted by Crippen LogP contribution is 2.64. The second kappa shape index (κ2) is 9.45. The Labute approximate surface area is 185 Å². The lowest BCUT2D eigenvalue weighted by Crippen LogP contribution is -2.56. The van der Waals surface area contributed by atoms with E-state index in [1.807, 2.05) is 13.8 Å². The number of ether oxygens (including phenoxy) is 1. The second-order valence-electron chi connectivity index (χ2n) is 9.46. The van der Waals surface area contributed by atoms with Crippen molar-refractivity contribution in [2.24, 2.45) is 11.8 Å². The van der Waals surface area contributed by atoms with E-state index in [-0.39, 0.29) is 30.4 Å². The molecule has 1 spiro atoms. The van der Waals surface area contributed by atoms with E-state index in [2.05, 4.69) is 17.6 Å². The fourth-order valence-electron chi connectivity index (χ4n) is 6.21. The van der Waals surface area contributed by atoms with E-state index in [1.54, 1.807) is 11.9 Å².